The van der Waals surface area contributed by atoms with Crippen molar-refractivity contribution in [1.82, 2.24) is 20.6 Å². The fourth-order valence-corrected chi connectivity index (χ4v) is 2.65. The van der Waals surface area contributed by atoms with E-state index >= 15 is 0 Å². The lowest BCUT2D eigenvalue weighted by Crippen LogP contribution is -2.51. The topological polar surface area (TPSA) is 90.7 Å². The third-order valence-electron chi connectivity index (χ3n) is 3.69. The number of aromatic nitrogens is 2. The van der Waals surface area contributed by atoms with Crippen LogP contribution in [-0.4, -0.2) is 28.5 Å². The van der Waals surface area contributed by atoms with Crippen LogP contribution in [0.25, 0.3) is 6.08 Å². The van der Waals surface area contributed by atoms with Crippen molar-refractivity contribution in [2.45, 2.75) is 31.3 Å². The molecule has 1 aliphatic heterocycles. The average Bonchev–Trinajstić information content (AvgIpc) is 2.85. The van der Waals surface area contributed by atoms with Gasteiger partial charge in [0.05, 0.1) is 23.5 Å². The number of fused-ring (bicyclic) bond motifs is 1. The van der Waals surface area contributed by atoms with Gasteiger partial charge in [0.15, 0.2) is 5.54 Å². The van der Waals surface area contributed by atoms with Crippen LogP contribution in [-0.2, 0) is 10.3 Å². The van der Waals surface area contributed by atoms with Gasteiger partial charge in [-0.3, -0.25) is 20.1 Å². The number of carbonyl (C=O) groups is 1. The molecule has 102 valence electrons. The molecule has 6 heteroatoms. The van der Waals surface area contributed by atoms with E-state index in [4.69, 9.17) is 0 Å². The first-order valence-electron chi connectivity index (χ1n) is 6.62. The minimum absolute atomic E-state index is 0.0589. The Hall–Kier alpha value is -2.26. The predicted molar refractivity (Wildman–Crippen MR) is 72.3 cm³/mol. The monoisotopic (exact) mass is 269 g/mol. The molecule has 2 heterocycles. The molecule has 0 aromatic carbocycles. The standard InChI is InChI=1S/C14H15N5O/c1-9-7-17-10-3-2-5-14(8-15,12(10)18-9)19-11-4-6-16-13(11)20/h2-3,7,11,19H,4-6H2,1H3,(H,16,20)/t11-,14-/m0/s1. The van der Waals surface area contributed by atoms with Crippen LogP contribution in [0.3, 0.4) is 0 Å². The Balaban J connectivity index is 2.02. The molecule has 1 amide bonds. The summed E-state index contributed by atoms with van der Waals surface area (Å²) in [6.45, 7) is 2.48. The number of rotatable bonds is 2. The van der Waals surface area contributed by atoms with E-state index in [-0.39, 0.29) is 11.9 Å². The van der Waals surface area contributed by atoms with Gasteiger partial charge in [0.2, 0.25) is 5.91 Å². The molecule has 0 bridgehead atoms. The van der Waals surface area contributed by atoms with Crippen LogP contribution < -0.4 is 10.6 Å². The van der Waals surface area contributed by atoms with Gasteiger partial charge in [0.25, 0.3) is 0 Å². The lowest BCUT2D eigenvalue weighted by Gasteiger charge is -2.31. The molecule has 0 saturated carbocycles. The summed E-state index contributed by atoms with van der Waals surface area (Å²) >= 11 is 0. The van der Waals surface area contributed by atoms with Crippen molar-refractivity contribution in [1.29, 1.82) is 5.26 Å². The van der Waals surface area contributed by atoms with Crippen molar-refractivity contribution < 1.29 is 4.79 Å². The van der Waals surface area contributed by atoms with Crippen LogP contribution in [0.2, 0.25) is 0 Å². The molecule has 3 rings (SSSR count). The lowest BCUT2D eigenvalue weighted by atomic mass is 9.86. The van der Waals surface area contributed by atoms with E-state index in [9.17, 15) is 10.1 Å². The third-order valence-corrected chi connectivity index (χ3v) is 3.69. The normalized spacial score (nSPS) is 27.8. The fraction of sp³-hybridized carbons (Fsp3) is 0.429. The van der Waals surface area contributed by atoms with E-state index in [1.54, 1.807) is 6.20 Å². The van der Waals surface area contributed by atoms with Crippen molar-refractivity contribution in [2.24, 2.45) is 0 Å². The molecule has 0 radical (unpaired) electrons. The molecule has 1 aromatic rings. The van der Waals surface area contributed by atoms with Gasteiger partial charge in [-0.15, -0.1) is 0 Å². The summed E-state index contributed by atoms with van der Waals surface area (Å²) in [4.78, 5) is 20.5. The molecule has 1 saturated heterocycles. The van der Waals surface area contributed by atoms with Gasteiger partial charge in [-0.1, -0.05) is 6.08 Å². The highest BCUT2D eigenvalue weighted by molar-refractivity contribution is 5.84. The van der Waals surface area contributed by atoms with Crippen LogP contribution >= 0.6 is 0 Å². The van der Waals surface area contributed by atoms with Gasteiger partial charge < -0.3 is 5.32 Å². The number of nitrogens with zero attached hydrogens (tertiary/aromatic N) is 3. The van der Waals surface area contributed by atoms with Gasteiger partial charge in [-0.2, -0.15) is 5.26 Å². The molecule has 6 nitrogen and oxygen atoms in total. The first-order valence-corrected chi connectivity index (χ1v) is 6.62. The number of aryl methyl sites for hydroxylation is 1. The Morgan fingerprint density at radius 2 is 2.45 bits per heavy atom. The minimum Gasteiger partial charge on any atom is -0.355 e. The van der Waals surface area contributed by atoms with Crippen LogP contribution in [0.15, 0.2) is 12.3 Å². The van der Waals surface area contributed by atoms with E-state index < -0.39 is 5.54 Å². The highest BCUT2D eigenvalue weighted by atomic mass is 16.2. The van der Waals surface area contributed by atoms with Crippen molar-refractivity contribution >= 4 is 12.0 Å². The van der Waals surface area contributed by atoms with Crippen LogP contribution in [0.1, 0.15) is 29.9 Å². The van der Waals surface area contributed by atoms with Crippen molar-refractivity contribution in [3.63, 3.8) is 0 Å². The maximum absolute atomic E-state index is 11.7. The van der Waals surface area contributed by atoms with E-state index in [0.717, 1.165) is 5.69 Å². The Kier molecular flexibility index (Phi) is 2.99. The average molecular weight is 269 g/mol. The second-order valence-electron chi connectivity index (χ2n) is 5.15. The first kappa shape index (κ1) is 12.8. The number of hydrogen-bond donors (Lipinski definition) is 2. The Bertz CT molecular complexity index is 633. The zero-order valence-corrected chi connectivity index (χ0v) is 11.2. The molecule has 1 fully saturated rings. The van der Waals surface area contributed by atoms with Crippen molar-refractivity contribution in [2.75, 3.05) is 6.54 Å². The number of carbonyl (C=O) groups excluding carboxylic acids is 1. The number of amides is 1. The molecule has 2 N–H and O–H groups in total. The smallest absolute Gasteiger partial charge is 0.237 e. The summed E-state index contributed by atoms with van der Waals surface area (Å²) in [6.07, 6.45) is 6.61. The van der Waals surface area contributed by atoms with E-state index in [2.05, 4.69) is 26.7 Å². The zero-order chi connectivity index (χ0) is 14.2. The number of nitrogens with one attached hydrogen (secondary N) is 2. The van der Waals surface area contributed by atoms with Crippen LogP contribution in [0.5, 0.6) is 0 Å². The van der Waals surface area contributed by atoms with Crippen molar-refractivity contribution in [3.05, 3.63) is 29.4 Å². The second-order valence-corrected chi connectivity index (χ2v) is 5.15. The van der Waals surface area contributed by atoms with E-state index in [1.165, 1.54) is 0 Å². The lowest BCUT2D eigenvalue weighted by molar-refractivity contribution is -0.121. The maximum Gasteiger partial charge on any atom is 0.237 e. The molecule has 0 unspecified atom stereocenters. The Morgan fingerprint density at radius 3 is 3.15 bits per heavy atom. The second kappa shape index (κ2) is 4.69. The SMILES string of the molecule is Cc1cnc2c(n1)[C@](C#N)(N[C@H]1CCNC1=O)CC=C2. The fourth-order valence-electron chi connectivity index (χ4n) is 2.65. The molecular formula is C14H15N5O. The maximum atomic E-state index is 11.7. The van der Waals surface area contributed by atoms with Gasteiger partial charge in [0.1, 0.15) is 5.69 Å². The minimum atomic E-state index is -0.977. The Labute approximate surface area is 116 Å². The van der Waals surface area contributed by atoms with Gasteiger partial charge in [-0.25, -0.2) is 0 Å². The summed E-state index contributed by atoms with van der Waals surface area (Å²) in [5.41, 5.74) is 1.09. The van der Waals surface area contributed by atoms with Crippen LogP contribution in [0.4, 0.5) is 0 Å². The molecule has 0 spiro atoms. The zero-order valence-electron chi connectivity index (χ0n) is 11.2. The van der Waals surface area contributed by atoms with E-state index in [1.807, 2.05) is 19.1 Å². The van der Waals surface area contributed by atoms with Gasteiger partial charge >= 0.3 is 0 Å². The van der Waals surface area contributed by atoms with Crippen LogP contribution in [0, 0.1) is 18.3 Å². The van der Waals surface area contributed by atoms with Gasteiger partial charge in [0, 0.05) is 19.2 Å². The summed E-state index contributed by atoms with van der Waals surface area (Å²) in [5, 5.41) is 15.6. The van der Waals surface area contributed by atoms with Gasteiger partial charge in [-0.05, 0) is 19.4 Å². The molecule has 20 heavy (non-hydrogen) atoms. The number of nitriles is 1. The molecule has 1 aromatic heterocycles. The summed E-state index contributed by atoms with van der Waals surface area (Å²) < 4.78 is 0. The number of hydrogen-bond acceptors (Lipinski definition) is 5. The first-order chi connectivity index (χ1) is 9.64. The third kappa shape index (κ3) is 1.96. The molecule has 2 atom stereocenters. The molecule has 1 aliphatic carbocycles. The summed E-state index contributed by atoms with van der Waals surface area (Å²) in [6, 6.07) is 1.95. The summed E-state index contributed by atoms with van der Waals surface area (Å²) in [5.74, 6) is -0.0589. The van der Waals surface area contributed by atoms with Crippen molar-refractivity contribution in [3.8, 4) is 6.07 Å². The molecule has 2 aliphatic rings. The Morgan fingerprint density at radius 1 is 1.60 bits per heavy atom. The van der Waals surface area contributed by atoms with E-state index in [0.29, 0.717) is 30.8 Å². The quantitative estimate of drug-likeness (QED) is 0.811. The largest absolute Gasteiger partial charge is 0.355 e. The highest BCUT2D eigenvalue weighted by Gasteiger charge is 2.41. The predicted octanol–water partition coefficient (Wildman–Crippen LogP) is 0.399. The highest BCUT2D eigenvalue weighted by Crippen LogP contribution is 2.32. The summed E-state index contributed by atoms with van der Waals surface area (Å²) in [7, 11) is 0. The molecular weight excluding hydrogens is 254 g/mol.